The normalized spacial score (nSPS) is 12.4. The zero-order chi connectivity index (χ0) is 16.1. The van der Waals surface area contributed by atoms with Crippen LogP contribution in [0.1, 0.15) is 24.1 Å². The third-order valence-corrected chi connectivity index (χ3v) is 3.65. The molecule has 1 N–H and O–H groups in total. The predicted molar refractivity (Wildman–Crippen MR) is 88.5 cm³/mol. The molecule has 22 heavy (non-hydrogen) atoms. The van der Waals surface area contributed by atoms with E-state index >= 15 is 0 Å². The van der Waals surface area contributed by atoms with Gasteiger partial charge in [0.05, 0.1) is 6.04 Å². The topological polar surface area (TPSA) is 29.1 Å². The Kier molecular flexibility index (Phi) is 5.58. The van der Waals surface area contributed by atoms with E-state index in [1.165, 1.54) is 18.2 Å². The van der Waals surface area contributed by atoms with E-state index in [2.05, 4.69) is 5.32 Å². The van der Waals surface area contributed by atoms with Gasteiger partial charge in [0.15, 0.2) is 0 Å². The van der Waals surface area contributed by atoms with Crippen molar-refractivity contribution in [2.45, 2.75) is 13.0 Å². The fourth-order valence-electron chi connectivity index (χ4n) is 1.94. The van der Waals surface area contributed by atoms with Crippen molar-refractivity contribution in [3.8, 4) is 0 Å². The molecule has 2 nitrogen and oxygen atoms in total. The molecule has 2 aromatic rings. The number of carbonyl (C=O) groups is 1. The Bertz CT molecular complexity index is 698. The van der Waals surface area contributed by atoms with Crippen LogP contribution in [0.3, 0.4) is 0 Å². The molecule has 114 valence electrons. The lowest BCUT2D eigenvalue weighted by molar-refractivity contribution is -0.117. The largest absolute Gasteiger partial charge is 0.346 e. The number of nitrogens with one attached hydrogen (secondary N) is 1. The van der Waals surface area contributed by atoms with Gasteiger partial charge in [0.25, 0.3) is 0 Å². The second-order valence-electron chi connectivity index (χ2n) is 4.78. The van der Waals surface area contributed by atoms with Crippen LogP contribution in [0.2, 0.25) is 10.0 Å². The molecule has 0 aliphatic carbocycles. The minimum atomic E-state index is -0.312. The quantitative estimate of drug-likeness (QED) is 0.779. The van der Waals surface area contributed by atoms with Gasteiger partial charge in [0, 0.05) is 16.1 Å². The minimum absolute atomic E-state index is 0.255. The highest BCUT2D eigenvalue weighted by atomic mass is 35.5. The summed E-state index contributed by atoms with van der Waals surface area (Å²) in [6.45, 7) is 1.83. The number of hydrogen-bond donors (Lipinski definition) is 1. The van der Waals surface area contributed by atoms with E-state index in [0.29, 0.717) is 10.0 Å². The lowest BCUT2D eigenvalue weighted by Gasteiger charge is -2.14. The summed E-state index contributed by atoms with van der Waals surface area (Å²) in [6.07, 6.45) is 3.01. The second kappa shape index (κ2) is 7.43. The van der Waals surface area contributed by atoms with Gasteiger partial charge in [0.2, 0.25) is 5.91 Å². The number of benzene rings is 2. The molecule has 1 atom stereocenters. The first kappa shape index (κ1) is 16.5. The Morgan fingerprint density at radius 2 is 1.86 bits per heavy atom. The van der Waals surface area contributed by atoms with Crippen molar-refractivity contribution in [3.05, 3.63) is 75.5 Å². The first-order valence-corrected chi connectivity index (χ1v) is 7.40. The molecule has 0 bridgehead atoms. The molecular formula is C17H14Cl2FNO. The first-order chi connectivity index (χ1) is 10.5. The molecule has 0 saturated heterocycles. The fraction of sp³-hybridized carbons (Fsp3) is 0.118. The van der Waals surface area contributed by atoms with Crippen molar-refractivity contribution >= 4 is 35.2 Å². The summed E-state index contributed by atoms with van der Waals surface area (Å²) in [5.41, 5.74) is 1.53. The first-order valence-electron chi connectivity index (χ1n) is 6.65. The van der Waals surface area contributed by atoms with E-state index in [1.54, 1.807) is 36.4 Å². The molecule has 0 aliphatic heterocycles. The van der Waals surface area contributed by atoms with Crippen LogP contribution in [0.25, 0.3) is 6.08 Å². The maximum Gasteiger partial charge on any atom is 0.244 e. The molecule has 5 heteroatoms. The lowest BCUT2D eigenvalue weighted by atomic mass is 10.1. The van der Waals surface area contributed by atoms with Gasteiger partial charge in [-0.25, -0.2) is 4.39 Å². The highest BCUT2D eigenvalue weighted by Crippen LogP contribution is 2.26. The van der Waals surface area contributed by atoms with Crippen LogP contribution >= 0.6 is 23.2 Å². The Balaban J connectivity index is 2.00. The van der Waals surface area contributed by atoms with Crippen LogP contribution in [-0.2, 0) is 4.79 Å². The molecule has 0 spiro atoms. The maximum atomic E-state index is 12.8. The zero-order valence-electron chi connectivity index (χ0n) is 11.8. The highest BCUT2D eigenvalue weighted by molar-refractivity contribution is 6.35. The molecule has 0 aromatic heterocycles. The fourth-order valence-corrected chi connectivity index (χ4v) is 2.51. The van der Waals surface area contributed by atoms with E-state index < -0.39 is 0 Å². The Hall–Kier alpha value is -1.84. The second-order valence-corrected chi connectivity index (χ2v) is 5.62. The van der Waals surface area contributed by atoms with Crippen LogP contribution in [0.4, 0.5) is 4.39 Å². The van der Waals surface area contributed by atoms with Crippen molar-refractivity contribution in [2.24, 2.45) is 0 Å². The van der Waals surface area contributed by atoms with Gasteiger partial charge < -0.3 is 5.32 Å². The third kappa shape index (κ3) is 4.58. The average Bonchev–Trinajstić information content (AvgIpc) is 2.46. The van der Waals surface area contributed by atoms with Crippen LogP contribution in [0.15, 0.2) is 48.5 Å². The summed E-state index contributed by atoms with van der Waals surface area (Å²) in [7, 11) is 0. The Labute approximate surface area is 138 Å². The SMILES string of the molecule is C[C@@H](NC(=O)/C=C/c1ccc(F)cc1)c1ccc(Cl)cc1Cl. The summed E-state index contributed by atoms with van der Waals surface area (Å²) < 4.78 is 12.8. The predicted octanol–water partition coefficient (Wildman–Crippen LogP) is 5.02. The number of halogens is 3. The molecule has 2 aromatic carbocycles. The van der Waals surface area contributed by atoms with Gasteiger partial charge in [0.1, 0.15) is 5.82 Å². The van der Waals surface area contributed by atoms with Crippen molar-refractivity contribution in [3.63, 3.8) is 0 Å². The summed E-state index contributed by atoms with van der Waals surface area (Å²) in [5.74, 6) is -0.574. The van der Waals surface area contributed by atoms with Crippen molar-refractivity contribution in [2.75, 3.05) is 0 Å². The van der Waals surface area contributed by atoms with Gasteiger partial charge in [-0.3, -0.25) is 4.79 Å². The van der Waals surface area contributed by atoms with Gasteiger partial charge >= 0.3 is 0 Å². The molecule has 0 saturated carbocycles. The monoisotopic (exact) mass is 337 g/mol. The van der Waals surface area contributed by atoms with E-state index in [1.807, 2.05) is 6.92 Å². The molecule has 2 rings (SSSR count). The van der Waals surface area contributed by atoms with Crippen LogP contribution in [0.5, 0.6) is 0 Å². The standard InChI is InChI=1S/C17H14Cl2FNO/c1-11(15-8-5-13(18)10-16(15)19)21-17(22)9-4-12-2-6-14(20)7-3-12/h2-11H,1H3,(H,21,22)/b9-4+/t11-/m1/s1. The van der Waals surface area contributed by atoms with Gasteiger partial charge in [-0.2, -0.15) is 0 Å². The van der Waals surface area contributed by atoms with E-state index in [-0.39, 0.29) is 17.8 Å². The third-order valence-electron chi connectivity index (χ3n) is 3.08. The summed E-state index contributed by atoms with van der Waals surface area (Å²) in [5, 5.41) is 3.86. The summed E-state index contributed by atoms with van der Waals surface area (Å²) >= 11 is 12.0. The van der Waals surface area contributed by atoms with E-state index in [0.717, 1.165) is 11.1 Å². The Morgan fingerprint density at radius 3 is 2.50 bits per heavy atom. The maximum absolute atomic E-state index is 12.8. The van der Waals surface area contributed by atoms with Gasteiger partial charge in [-0.05, 0) is 48.4 Å². The number of rotatable bonds is 4. The average molecular weight is 338 g/mol. The van der Waals surface area contributed by atoms with Crippen LogP contribution in [0, 0.1) is 5.82 Å². The molecule has 0 radical (unpaired) electrons. The highest BCUT2D eigenvalue weighted by Gasteiger charge is 2.11. The molecule has 0 fully saturated rings. The van der Waals surface area contributed by atoms with Crippen molar-refractivity contribution in [1.29, 1.82) is 0 Å². The number of hydrogen-bond acceptors (Lipinski definition) is 1. The van der Waals surface area contributed by atoms with Gasteiger partial charge in [-0.15, -0.1) is 0 Å². The zero-order valence-corrected chi connectivity index (χ0v) is 13.3. The molecule has 0 heterocycles. The summed E-state index contributed by atoms with van der Waals surface area (Å²) in [6, 6.07) is 10.8. The lowest BCUT2D eigenvalue weighted by Crippen LogP contribution is -2.24. The van der Waals surface area contributed by atoms with Crippen LogP contribution in [-0.4, -0.2) is 5.91 Å². The number of carbonyl (C=O) groups excluding carboxylic acids is 1. The molecule has 0 unspecified atom stereocenters. The molecule has 1 amide bonds. The van der Waals surface area contributed by atoms with Crippen molar-refractivity contribution in [1.82, 2.24) is 5.32 Å². The number of amides is 1. The van der Waals surface area contributed by atoms with Crippen molar-refractivity contribution < 1.29 is 9.18 Å². The smallest absolute Gasteiger partial charge is 0.244 e. The summed E-state index contributed by atoms with van der Waals surface area (Å²) in [4.78, 5) is 11.9. The van der Waals surface area contributed by atoms with Gasteiger partial charge in [-0.1, -0.05) is 41.4 Å². The molecule has 0 aliphatic rings. The van der Waals surface area contributed by atoms with E-state index in [9.17, 15) is 9.18 Å². The Morgan fingerprint density at radius 1 is 1.18 bits per heavy atom. The van der Waals surface area contributed by atoms with E-state index in [4.69, 9.17) is 23.2 Å². The molecular weight excluding hydrogens is 324 g/mol. The van der Waals surface area contributed by atoms with Crippen LogP contribution < -0.4 is 5.32 Å². The minimum Gasteiger partial charge on any atom is -0.346 e.